The van der Waals surface area contributed by atoms with E-state index in [1.807, 2.05) is 4.90 Å². The van der Waals surface area contributed by atoms with Crippen LogP contribution in [0.5, 0.6) is 0 Å². The van der Waals surface area contributed by atoms with Gasteiger partial charge in [-0.15, -0.1) is 0 Å². The third kappa shape index (κ3) is 8.86. The molecular formula is C19H31ClN4O4S. The van der Waals surface area contributed by atoms with Crippen LogP contribution in [0.3, 0.4) is 0 Å². The molecule has 1 aliphatic rings. The Bertz CT molecular complexity index is 775. The number of nitrogens with zero attached hydrogens (tertiary/aromatic N) is 2. The van der Waals surface area contributed by atoms with Crippen LogP contribution in [-0.4, -0.2) is 68.5 Å². The van der Waals surface area contributed by atoms with E-state index in [0.717, 1.165) is 56.7 Å². The van der Waals surface area contributed by atoms with Crippen LogP contribution >= 0.6 is 11.9 Å². The number of pyridine rings is 1. The van der Waals surface area contributed by atoms with Crippen LogP contribution < -0.4 is 11.1 Å². The minimum atomic E-state index is -3.06. The number of carbonyl (C=O) groups is 1. The van der Waals surface area contributed by atoms with Crippen molar-refractivity contribution in [3.63, 3.8) is 0 Å². The first-order chi connectivity index (χ1) is 13.8. The van der Waals surface area contributed by atoms with Crippen LogP contribution in [0.4, 0.5) is 5.82 Å². The highest BCUT2D eigenvalue weighted by Gasteiger charge is 2.17. The number of nitrogens with one attached hydrogen (secondary N) is 1. The van der Waals surface area contributed by atoms with Crippen LogP contribution in [0.25, 0.3) is 0 Å². The van der Waals surface area contributed by atoms with Crippen molar-refractivity contribution in [2.45, 2.75) is 44.6 Å². The summed E-state index contributed by atoms with van der Waals surface area (Å²) in [5, 5.41) is 3.35. The highest BCUT2D eigenvalue weighted by Crippen LogP contribution is 2.20. The number of halogens is 1. The molecule has 2 heterocycles. The van der Waals surface area contributed by atoms with Gasteiger partial charge in [0.05, 0.1) is 5.75 Å². The van der Waals surface area contributed by atoms with Crippen molar-refractivity contribution in [1.29, 1.82) is 0 Å². The highest BCUT2D eigenvalue weighted by molar-refractivity contribution is 7.90. The molecule has 0 aromatic carbocycles. The second-order valence-electron chi connectivity index (χ2n) is 7.56. The van der Waals surface area contributed by atoms with E-state index < -0.39 is 21.8 Å². The number of sulfone groups is 1. The number of carbonyl (C=O) groups excluding carboxylic acids is 1. The fraction of sp³-hybridized carbons (Fsp3) is 0.684. The largest absolute Gasteiger partial charge is 0.370 e. The number of unbranched alkanes of at least 4 members (excludes halogenated alkanes) is 1. The highest BCUT2D eigenvalue weighted by atomic mass is 35.5. The number of nitrogens with two attached hydrogens (primary N) is 1. The predicted octanol–water partition coefficient (Wildman–Crippen LogP) is 1.52. The Morgan fingerprint density at radius 3 is 2.86 bits per heavy atom. The van der Waals surface area contributed by atoms with E-state index >= 15 is 0 Å². The van der Waals surface area contributed by atoms with Crippen LogP contribution in [0.15, 0.2) is 12.1 Å². The van der Waals surface area contributed by atoms with Crippen molar-refractivity contribution in [3.05, 3.63) is 23.4 Å². The topological polar surface area (TPSA) is 115 Å². The maximum atomic E-state index is 11.5. The van der Waals surface area contributed by atoms with Crippen molar-refractivity contribution in [1.82, 2.24) is 9.88 Å². The summed E-state index contributed by atoms with van der Waals surface area (Å²) >= 11 is 5.06. The summed E-state index contributed by atoms with van der Waals surface area (Å²) in [6.07, 6.45) is 6.49. The number of aryl methyl sites for hydroxylation is 2. The summed E-state index contributed by atoms with van der Waals surface area (Å²) in [7, 11) is -3.06. The molecule has 0 fully saturated rings. The van der Waals surface area contributed by atoms with E-state index in [9.17, 15) is 13.2 Å². The van der Waals surface area contributed by atoms with Gasteiger partial charge in [-0.2, -0.15) is 0 Å². The molecule has 10 heteroatoms. The molecule has 1 aromatic heterocycles. The van der Waals surface area contributed by atoms with Crippen LogP contribution in [0.2, 0.25) is 0 Å². The second-order valence-corrected chi connectivity index (χ2v) is 9.97. The van der Waals surface area contributed by atoms with Crippen molar-refractivity contribution in [2.75, 3.05) is 43.5 Å². The Hall–Kier alpha value is -1.42. The molecule has 0 saturated carbocycles. The van der Waals surface area contributed by atoms with Gasteiger partial charge in [-0.1, -0.05) is 6.07 Å². The lowest BCUT2D eigenvalue weighted by Crippen LogP contribution is -2.38. The molecule has 0 aliphatic carbocycles. The molecule has 8 nitrogen and oxygen atoms in total. The SMILES string of the molecule is CS(=O)(=O)CCN(CCCCc1ccc2c(n1)NCCC2)CC[C@H](N)C(=O)OCl. The van der Waals surface area contributed by atoms with Gasteiger partial charge in [0.15, 0.2) is 0 Å². The molecule has 0 radical (unpaired) electrons. The van der Waals surface area contributed by atoms with Crippen LogP contribution in [0, 0.1) is 0 Å². The molecule has 164 valence electrons. The molecule has 1 atom stereocenters. The van der Waals surface area contributed by atoms with E-state index in [0.29, 0.717) is 19.5 Å². The summed E-state index contributed by atoms with van der Waals surface area (Å²) in [6.45, 7) is 2.60. The lowest BCUT2D eigenvalue weighted by Gasteiger charge is -2.23. The first kappa shape index (κ1) is 23.9. The van der Waals surface area contributed by atoms with Crippen molar-refractivity contribution in [3.8, 4) is 0 Å². The molecule has 0 saturated heterocycles. The van der Waals surface area contributed by atoms with Gasteiger partial charge in [-0.25, -0.2) is 18.2 Å². The summed E-state index contributed by atoms with van der Waals surface area (Å²) < 4.78 is 27.1. The third-order valence-corrected chi connectivity index (χ3v) is 6.10. The zero-order valence-electron chi connectivity index (χ0n) is 16.9. The summed E-state index contributed by atoms with van der Waals surface area (Å²) in [5.74, 6) is 0.394. The minimum Gasteiger partial charge on any atom is -0.370 e. The average Bonchev–Trinajstić information content (AvgIpc) is 2.70. The predicted molar refractivity (Wildman–Crippen MR) is 115 cm³/mol. The minimum absolute atomic E-state index is 0.0697. The average molecular weight is 447 g/mol. The van der Waals surface area contributed by atoms with Crippen molar-refractivity contribution < 1.29 is 17.5 Å². The van der Waals surface area contributed by atoms with Crippen LogP contribution in [-0.2, 0) is 31.8 Å². The zero-order chi connectivity index (χ0) is 21.3. The molecule has 29 heavy (non-hydrogen) atoms. The van der Waals surface area contributed by atoms with Crippen molar-refractivity contribution in [2.24, 2.45) is 5.73 Å². The van der Waals surface area contributed by atoms with E-state index in [-0.39, 0.29) is 5.75 Å². The van der Waals surface area contributed by atoms with E-state index in [1.54, 1.807) is 0 Å². The summed E-state index contributed by atoms with van der Waals surface area (Å²) in [5.41, 5.74) is 8.07. The van der Waals surface area contributed by atoms with Gasteiger partial charge < -0.3 is 20.2 Å². The Morgan fingerprint density at radius 2 is 2.14 bits per heavy atom. The Labute approximate surface area is 178 Å². The summed E-state index contributed by atoms with van der Waals surface area (Å²) in [6, 6.07) is 3.42. The maximum absolute atomic E-state index is 11.5. The second kappa shape index (κ2) is 11.7. The number of fused-ring (bicyclic) bond motifs is 1. The van der Waals surface area contributed by atoms with Crippen molar-refractivity contribution >= 4 is 33.5 Å². The van der Waals surface area contributed by atoms with Gasteiger partial charge in [0.2, 0.25) is 0 Å². The third-order valence-electron chi connectivity index (χ3n) is 5.02. The number of hydrogen-bond donors (Lipinski definition) is 2. The Morgan fingerprint density at radius 1 is 1.34 bits per heavy atom. The summed E-state index contributed by atoms with van der Waals surface area (Å²) in [4.78, 5) is 18.1. The molecule has 1 aromatic rings. The smallest absolute Gasteiger partial charge is 0.341 e. The molecular weight excluding hydrogens is 416 g/mol. The molecule has 0 amide bonds. The first-order valence-electron chi connectivity index (χ1n) is 9.99. The Kier molecular flexibility index (Phi) is 9.61. The monoisotopic (exact) mass is 446 g/mol. The van der Waals surface area contributed by atoms with Gasteiger partial charge in [0.25, 0.3) is 0 Å². The van der Waals surface area contributed by atoms with Crippen LogP contribution in [0.1, 0.15) is 36.9 Å². The fourth-order valence-corrected chi connectivity index (χ4v) is 3.98. The lowest BCUT2D eigenvalue weighted by molar-refractivity contribution is -0.135. The zero-order valence-corrected chi connectivity index (χ0v) is 18.5. The van der Waals surface area contributed by atoms with E-state index in [4.69, 9.17) is 22.6 Å². The van der Waals surface area contributed by atoms with Gasteiger partial charge in [0.1, 0.15) is 33.6 Å². The molecule has 3 N–H and O–H groups in total. The lowest BCUT2D eigenvalue weighted by atomic mass is 10.1. The maximum Gasteiger partial charge on any atom is 0.341 e. The number of rotatable bonds is 12. The number of aromatic nitrogens is 1. The van der Waals surface area contributed by atoms with Gasteiger partial charge in [-0.3, -0.25) is 0 Å². The number of hydrogen-bond acceptors (Lipinski definition) is 8. The molecule has 2 rings (SSSR count). The molecule has 1 aliphatic heterocycles. The Balaban J connectivity index is 1.80. The standard InChI is InChI=1S/C19H31ClN4O4S/c1-29(26,27)14-13-24(12-9-17(21)19(25)28-20)11-3-2-6-16-8-7-15-5-4-10-22-18(15)23-16/h7-8,17H,2-6,9-14,21H2,1H3,(H,22,23)/t17-/m0/s1. The van der Waals surface area contributed by atoms with Gasteiger partial charge in [-0.05, 0) is 56.7 Å². The number of anilines is 1. The molecule has 0 bridgehead atoms. The van der Waals surface area contributed by atoms with E-state index in [1.165, 1.54) is 11.8 Å². The normalized spacial score (nSPS) is 14.9. The quantitative estimate of drug-likeness (QED) is 0.464. The van der Waals surface area contributed by atoms with Gasteiger partial charge in [0, 0.05) is 31.6 Å². The molecule has 0 spiro atoms. The molecule has 0 unspecified atom stereocenters. The van der Waals surface area contributed by atoms with E-state index in [2.05, 4.69) is 21.7 Å². The fourth-order valence-electron chi connectivity index (χ4n) is 3.28. The first-order valence-corrected chi connectivity index (χ1v) is 12.4. The van der Waals surface area contributed by atoms with Gasteiger partial charge >= 0.3 is 5.97 Å².